The Labute approximate surface area is 171 Å². The summed E-state index contributed by atoms with van der Waals surface area (Å²) in [5.74, 6) is 0. The molecule has 0 aliphatic carbocycles. The average Bonchev–Trinajstić information content (AvgIpc) is 2.72. The number of rotatable bonds is 4. The molecule has 0 radical (unpaired) electrons. The molecule has 0 amide bonds. The highest BCUT2D eigenvalue weighted by Gasteiger charge is 2.27. The van der Waals surface area contributed by atoms with Crippen molar-refractivity contribution in [3.05, 3.63) is 81.1 Å². The minimum absolute atomic E-state index is 0.0514. The van der Waals surface area contributed by atoms with E-state index in [2.05, 4.69) is 41.5 Å². The summed E-state index contributed by atoms with van der Waals surface area (Å²) < 4.78 is 0. The van der Waals surface area contributed by atoms with E-state index >= 15 is 0 Å². The highest BCUT2D eigenvalue weighted by Crippen LogP contribution is 2.30. The van der Waals surface area contributed by atoms with Crippen LogP contribution in [0.3, 0.4) is 0 Å². The lowest BCUT2D eigenvalue weighted by Gasteiger charge is -2.23. The largest absolute Gasteiger partial charge is 0.327 e. The number of hydrogen-bond acceptors (Lipinski definition) is 4. The SMILES string of the molecule is CCc1cc2ccc(C(C)(C#N)Cc3cccc(C)c3)cc2[nH]c1=O.CNC#N. The van der Waals surface area contributed by atoms with Crippen molar-refractivity contribution in [1.82, 2.24) is 10.3 Å². The Bertz CT molecular complexity index is 1130. The van der Waals surface area contributed by atoms with Crippen molar-refractivity contribution < 1.29 is 0 Å². The lowest BCUT2D eigenvalue weighted by molar-refractivity contribution is 0.607. The van der Waals surface area contributed by atoms with Crippen LogP contribution in [-0.2, 0) is 18.3 Å². The molecule has 3 aromatic rings. The number of H-pyrrole nitrogens is 1. The van der Waals surface area contributed by atoms with Gasteiger partial charge in [0.2, 0.25) is 0 Å². The van der Waals surface area contributed by atoms with E-state index < -0.39 is 5.41 Å². The van der Waals surface area contributed by atoms with Gasteiger partial charge in [-0.1, -0.05) is 48.9 Å². The van der Waals surface area contributed by atoms with E-state index in [1.165, 1.54) is 5.56 Å². The maximum absolute atomic E-state index is 12.1. The van der Waals surface area contributed by atoms with Gasteiger partial charge in [-0.25, -0.2) is 0 Å². The molecular formula is C24H26N4O. The molecule has 2 aromatic carbocycles. The number of aryl methyl sites for hydroxylation is 2. The number of hydrogen-bond donors (Lipinski definition) is 2. The van der Waals surface area contributed by atoms with Crippen LogP contribution in [0, 0.1) is 29.7 Å². The molecule has 5 nitrogen and oxygen atoms in total. The van der Waals surface area contributed by atoms with E-state index in [0.717, 1.165) is 27.6 Å². The minimum Gasteiger partial charge on any atom is -0.327 e. The molecule has 0 spiro atoms. The van der Waals surface area contributed by atoms with E-state index in [1.54, 1.807) is 13.2 Å². The van der Waals surface area contributed by atoms with Crippen LogP contribution in [0.2, 0.25) is 0 Å². The summed E-state index contributed by atoms with van der Waals surface area (Å²) in [4.78, 5) is 15.1. The Morgan fingerprint density at radius 1 is 1.14 bits per heavy atom. The summed E-state index contributed by atoms with van der Waals surface area (Å²) in [6.45, 7) is 5.98. The monoisotopic (exact) mass is 386 g/mol. The van der Waals surface area contributed by atoms with Crippen LogP contribution in [0.25, 0.3) is 10.9 Å². The molecule has 1 aromatic heterocycles. The highest BCUT2D eigenvalue weighted by atomic mass is 16.1. The molecule has 0 aliphatic rings. The Morgan fingerprint density at radius 2 is 1.86 bits per heavy atom. The van der Waals surface area contributed by atoms with Crippen LogP contribution in [0.4, 0.5) is 0 Å². The molecule has 148 valence electrons. The summed E-state index contributed by atoms with van der Waals surface area (Å²) >= 11 is 0. The molecule has 0 aliphatic heterocycles. The Hall–Kier alpha value is -3.57. The smallest absolute Gasteiger partial charge is 0.251 e. The molecule has 1 unspecified atom stereocenters. The maximum atomic E-state index is 12.1. The van der Waals surface area contributed by atoms with Gasteiger partial charge in [0.25, 0.3) is 5.56 Å². The molecule has 5 heteroatoms. The number of benzene rings is 2. The van der Waals surface area contributed by atoms with Crippen LogP contribution in [0.15, 0.2) is 53.3 Å². The van der Waals surface area contributed by atoms with E-state index in [4.69, 9.17) is 5.26 Å². The van der Waals surface area contributed by atoms with Crippen LogP contribution in [0.5, 0.6) is 0 Å². The van der Waals surface area contributed by atoms with Crippen molar-refractivity contribution in [2.24, 2.45) is 0 Å². The predicted octanol–water partition coefficient (Wildman–Crippen LogP) is 4.11. The summed E-state index contributed by atoms with van der Waals surface area (Å²) in [6, 6.07) is 18.6. The normalized spacial score (nSPS) is 12.1. The van der Waals surface area contributed by atoms with Crippen molar-refractivity contribution in [2.75, 3.05) is 7.05 Å². The van der Waals surface area contributed by atoms with Crippen molar-refractivity contribution in [2.45, 2.75) is 39.0 Å². The molecule has 0 saturated heterocycles. The van der Waals surface area contributed by atoms with Crippen LogP contribution in [0.1, 0.15) is 36.1 Å². The van der Waals surface area contributed by atoms with Crippen LogP contribution < -0.4 is 10.9 Å². The molecular weight excluding hydrogens is 360 g/mol. The molecule has 29 heavy (non-hydrogen) atoms. The second kappa shape index (κ2) is 9.57. The third-order valence-electron chi connectivity index (χ3n) is 4.94. The quantitative estimate of drug-likeness (QED) is 0.521. The number of aromatic amines is 1. The zero-order valence-electron chi connectivity index (χ0n) is 17.3. The average molecular weight is 386 g/mol. The Kier molecular flexibility index (Phi) is 7.17. The zero-order chi connectivity index (χ0) is 21.4. The second-order valence-corrected chi connectivity index (χ2v) is 7.25. The molecule has 1 heterocycles. The summed E-state index contributed by atoms with van der Waals surface area (Å²) in [5, 5.41) is 20.6. The van der Waals surface area contributed by atoms with Gasteiger partial charge in [0.1, 0.15) is 0 Å². The second-order valence-electron chi connectivity index (χ2n) is 7.25. The van der Waals surface area contributed by atoms with Crippen molar-refractivity contribution in [3.8, 4) is 12.3 Å². The first-order valence-corrected chi connectivity index (χ1v) is 9.56. The topological polar surface area (TPSA) is 92.5 Å². The molecule has 0 saturated carbocycles. The molecule has 0 bridgehead atoms. The van der Waals surface area contributed by atoms with Crippen LogP contribution in [-0.4, -0.2) is 12.0 Å². The minimum atomic E-state index is -0.650. The standard InChI is InChI=1S/C22H22N2O.C2H4N2/c1-4-17-11-18-8-9-19(12-20(18)24-21(17)25)22(3,14-23)13-16-7-5-6-15(2)10-16;1-4-2-3/h5-12H,4,13H2,1-3H3,(H,24,25);4H,1H3. The maximum Gasteiger partial charge on any atom is 0.251 e. The van der Waals surface area contributed by atoms with E-state index in [9.17, 15) is 10.1 Å². The Balaban J connectivity index is 0.000000687. The summed E-state index contributed by atoms with van der Waals surface area (Å²) in [6.07, 6.45) is 3.02. The number of nitrogens with zero attached hydrogens (tertiary/aromatic N) is 2. The number of pyridine rings is 1. The van der Waals surface area contributed by atoms with Gasteiger partial charge in [-0.3, -0.25) is 4.79 Å². The van der Waals surface area contributed by atoms with Gasteiger partial charge < -0.3 is 10.3 Å². The fourth-order valence-electron chi connectivity index (χ4n) is 3.29. The van der Waals surface area contributed by atoms with E-state index in [0.29, 0.717) is 12.8 Å². The summed E-state index contributed by atoms with van der Waals surface area (Å²) in [7, 11) is 1.57. The first kappa shape index (κ1) is 21.7. The number of nitriles is 2. The third-order valence-corrected chi connectivity index (χ3v) is 4.94. The molecule has 0 fully saturated rings. The Morgan fingerprint density at radius 3 is 2.45 bits per heavy atom. The van der Waals surface area contributed by atoms with E-state index in [1.807, 2.05) is 44.2 Å². The molecule has 3 rings (SSSR count). The number of aromatic nitrogens is 1. The van der Waals surface area contributed by atoms with Crippen molar-refractivity contribution in [3.63, 3.8) is 0 Å². The van der Waals surface area contributed by atoms with Gasteiger partial charge in [-0.05, 0) is 55.3 Å². The third kappa shape index (κ3) is 5.24. The van der Waals surface area contributed by atoms with Gasteiger partial charge in [-0.15, -0.1) is 0 Å². The number of nitrogens with one attached hydrogen (secondary N) is 2. The zero-order valence-corrected chi connectivity index (χ0v) is 17.3. The van der Waals surface area contributed by atoms with Crippen LogP contribution >= 0.6 is 0 Å². The first-order valence-electron chi connectivity index (χ1n) is 9.56. The highest BCUT2D eigenvalue weighted by molar-refractivity contribution is 5.80. The molecule has 1 atom stereocenters. The van der Waals surface area contributed by atoms with Gasteiger partial charge in [0.15, 0.2) is 6.19 Å². The summed E-state index contributed by atoms with van der Waals surface area (Å²) in [5.41, 5.74) is 4.11. The molecule has 2 N–H and O–H groups in total. The lowest BCUT2D eigenvalue weighted by atomic mass is 9.78. The van der Waals surface area contributed by atoms with Gasteiger partial charge in [-0.2, -0.15) is 10.5 Å². The van der Waals surface area contributed by atoms with Gasteiger partial charge in [0.05, 0.1) is 11.5 Å². The number of fused-ring (bicyclic) bond motifs is 1. The van der Waals surface area contributed by atoms with Gasteiger partial charge in [0, 0.05) is 18.1 Å². The van der Waals surface area contributed by atoms with Crippen molar-refractivity contribution >= 4 is 10.9 Å². The fourth-order valence-corrected chi connectivity index (χ4v) is 3.29. The van der Waals surface area contributed by atoms with Gasteiger partial charge >= 0.3 is 0 Å². The van der Waals surface area contributed by atoms with E-state index in [-0.39, 0.29) is 5.56 Å². The predicted molar refractivity (Wildman–Crippen MR) is 116 cm³/mol. The fraction of sp³-hybridized carbons (Fsp3) is 0.292. The van der Waals surface area contributed by atoms with Crippen molar-refractivity contribution in [1.29, 1.82) is 10.5 Å². The first-order chi connectivity index (χ1) is 13.9. The lowest BCUT2D eigenvalue weighted by Crippen LogP contribution is -2.23.